The molecule has 0 amide bonds. The molecule has 114 valence electrons. The number of nitrogens with zero attached hydrogens (tertiary/aromatic N) is 1. The van der Waals surface area contributed by atoms with E-state index >= 15 is 0 Å². The first kappa shape index (κ1) is 17.1. The predicted octanol–water partition coefficient (Wildman–Crippen LogP) is 2.39. The fourth-order valence-electron chi connectivity index (χ4n) is 2.14. The van der Waals surface area contributed by atoms with Crippen LogP contribution in [0.15, 0.2) is 23.1 Å². The van der Waals surface area contributed by atoms with Gasteiger partial charge in [0.25, 0.3) is 0 Å². The van der Waals surface area contributed by atoms with E-state index in [1.54, 1.807) is 19.2 Å². The Bertz CT molecular complexity index is 527. The van der Waals surface area contributed by atoms with E-state index in [1.165, 1.54) is 9.87 Å². The first-order valence-corrected chi connectivity index (χ1v) is 8.64. The molecule has 1 aromatic rings. The number of rotatable bonds is 8. The van der Waals surface area contributed by atoms with Crippen molar-refractivity contribution in [2.45, 2.75) is 44.6 Å². The van der Waals surface area contributed by atoms with Crippen LogP contribution in [0.25, 0.3) is 0 Å². The average Bonchev–Trinajstić information content (AvgIpc) is 2.44. The summed E-state index contributed by atoms with van der Waals surface area (Å²) in [7, 11) is 0.147. The van der Waals surface area contributed by atoms with Gasteiger partial charge in [-0.1, -0.05) is 26.3 Å². The zero-order valence-corrected chi connectivity index (χ0v) is 13.8. The molecule has 1 rings (SSSR count). The van der Waals surface area contributed by atoms with Crippen LogP contribution in [-0.2, 0) is 23.0 Å². The Balaban J connectivity index is 3.09. The molecular weight excluding hydrogens is 272 g/mol. The van der Waals surface area contributed by atoms with Gasteiger partial charge in [0.05, 0.1) is 4.90 Å². The molecule has 0 saturated carbocycles. The first-order valence-electron chi connectivity index (χ1n) is 7.20. The molecule has 1 N–H and O–H groups in total. The van der Waals surface area contributed by atoms with Crippen molar-refractivity contribution in [3.05, 3.63) is 29.3 Å². The number of unbranched alkanes of at least 4 members (excludes halogenated alkanes) is 1. The third kappa shape index (κ3) is 4.04. The number of hydrogen-bond donors (Lipinski definition) is 1. The summed E-state index contributed by atoms with van der Waals surface area (Å²) in [5.74, 6) is 0. The van der Waals surface area contributed by atoms with Gasteiger partial charge in [0, 0.05) is 20.1 Å². The largest absolute Gasteiger partial charge is 0.316 e. The average molecular weight is 298 g/mol. The molecule has 1 aromatic carbocycles. The SMILES string of the molecule is CCCCN(C)S(=O)(=O)c1ccc(CC)c(CNC)c1. The summed E-state index contributed by atoms with van der Waals surface area (Å²) < 4.78 is 26.4. The molecule has 0 aromatic heterocycles. The van der Waals surface area contributed by atoms with Crippen molar-refractivity contribution >= 4 is 10.0 Å². The first-order chi connectivity index (χ1) is 9.47. The molecule has 20 heavy (non-hydrogen) atoms. The maximum absolute atomic E-state index is 12.5. The molecule has 0 fully saturated rings. The second-order valence-corrected chi connectivity index (χ2v) is 7.04. The normalized spacial score (nSPS) is 12.1. The topological polar surface area (TPSA) is 49.4 Å². The zero-order valence-electron chi connectivity index (χ0n) is 12.9. The molecule has 0 saturated heterocycles. The van der Waals surface area contributed by atoms with Gasteiger partial charge in [0.2, 0.25) is 10.0 Å². The van der Waals surface area contributed by atoms with Gasteiger partial charge in [-0.2, -0.15) is 0 Å². The van der Waals surface area contributed by atoms with Crippen molar-refractivity contribution in [2.75, 3.05) is 20.6 Å². The minimum Gasteiger partial charge on any atom is -0.316 e. The quantitative estimate of drug-likeness (QED) is 0.801. The summed E-state index contributed by atoms with van der Waals surface area (Å²) in [5.41, 5.74) is 2.24. The number of nitrogens with one attached hydrogen (secondary N) is 1. The van der Waals surface area contributed by atoms with Crippen LogP contribution in [0.2, 0.25) is 0 Å². The van der Waals surface area contributed by atoms with Gasteiger partial charge < -0.3 is 5.32 Å². The van der Waals surface area contributed by atoms with Crippen molar-refractivity contribution in [3.8, 4) is 0 Å². The molecular formula is C15H26N2O2S. The Labute approximate surface area is 123 Å². The van der Waals surface area contributed by atoms with Crippen LogP contribution in [0.1, 0.15) is 37.8 Å². The zero-order chi connectivity index (χ0) is 15.2. The van der Waals surface area contributed by atoms with Crippen LogP contribution in [0.4, 0.5) is 0 Å². The highest BCUT2D eigenvalue weighted by Crippen LogP contribution is 2.20. The second-order valence-electron chi connectivity index (χ2n) is 4.99. The standard InChI is InChI=1S/C15H26N2O2S/c1-5-7-10-17(4)20(18,19)15-9-8-13(6-2)14(11-15)12-16-3/h8-9,11,16H,5-7,10,12H2,1-4H3. The van der Waals surface area contributed by atoms with Crippen LogP contribution < -0.4 is 5.32 Å². The highest BCUT2D eigenvalue weighted by atomic mass is 32.2. The number of sulfonamides is 1. The monoisotopic (exact) mass is 298 g/mol. The fraction of sp³-hybridized carbons (Fsp3) is 0.600. The summed E-state index contributed by atoms with van der Waals surface area (Å²) in [6, 6.07) is 5.44. The van der Waals surface area contributed by atoms with Crippen LogP contribution in [0.3, 0.4) is 0 Å². The second kappa shape index (κ2) is 7.76. The van der Waals surface area contributed by atoms with Gasteiger partial charge in [-0.25, -0.2) is 12.7 Å². The lowest BCUT2D eigenvalue weighted by Crippen LogP contribution is -2.28. The highest BCUT2D eigenvalue weighted by Gasteiger charge is 2.21. The molecule has 0 unspecified atom stereocenters. The van der Waals surface area contributed by atoms with E-state index < -0.39 is 10.0 Å². The van der Waals surface area contributed by atoms with E-state index in [0.717, 1.165) is 24.8 Å². The van der Waals surface area contributed by atoms with Crippen LogP contribution in [0.5, 0.6) is 0 Å². The highest BCUT2D eigenvalue weighted by molar-refractivity contribution is 7.89. The third-order valence-corrected chi connectivity index (χ3v) is 5.31. The van der Waals surface area contributed by atoms with E-state index in [2.05, 4.69) is 19.2 Å². The number of aryl methyl sites for hydroxylation is 1. The molecule has 0 radical (unpaired) electrons. The van der Waals surface area contributed by atoms with E-state index in [-0.39, 0.29) is 0 Å². The smallest absolute Gasteiger partial charge is 0.242 e. The maximum Gasteiger partial charge on any atom is 0.242 e. The molecule has 0 atom stereocenters. The molecule has 0 aliphatic heterocycles. The van der Waals surface area contributed by atoms with E-state index in [4.69, 9.17) is 0 Å². The molecule has 0 spiro atoms. The van der Waals surface area contributed by atoms with Gasteiger partial charge in [-0.15, -0.1) is 0 Å². The molecule has 0 aliphatic rings. The van der Waals surface area contributed by atoms with Gasteiger partial charge in [-0.3, -0.25) is 0 Å². The van der Waals surface area contributed by atoms with Crippen LogP contribution >= 0.6 is 0 Å². The summed E-state index contributed by atoms with van der Waals surface area (Å²) in [5, 5.41) is 3.09. The Hall–Kier alpha value is -0.910. The summed E-state index contributed by atoms with van der Waals surface area (Å²) in [6.07, 6.45) is 2.77. The van der Waals surface area contributed by atoms with Gasteiger partial charge in [0.15, 0.2) is 0 Å². The minimum absolute atomic E-state index is 0.388. The molecule has 0 aliphatic carbocycles. The lowest BCUT2D eigenvalue weighted by Gasteiger charge is -2.18. The molecule has 0 heterocycles. The van der Waals surface area contributed by atoms with Crippen molar-refractivity contribution < 1.29 is 8.42 Å². The van der Waals surface area contributed by atoms with Crippen molar-refractivity contribution in [3.63, 3.8) is 0 Å². The van der Waals surface area contributed by atoms with Crippen LogP contribution in [-0.4, -0.2) is 33.4 Å². The van der Waals surface area contributed by atoms with Crippen molar-refractivity contribution in [1.29, 1.82) is 0 Å². The lowest BCUT2D eigenvalue weighted by molar-refractivity contribution is 0.459. The molecule has 5 heteroatoms. The predicted molar refractivity (Wildman–Crippen MR) is 83.3 cm³/mol. The maximum atomic E-state index is 12.5. The summed E-state index contributed by atoms with van der Waals surface area (Å²) in [6.45, 7) is 5.39. The molecule has 4 nitrogen and oxygen atoms in total. The minimum atomic E-state index is -3.37. The number of benzene rings is 1. The van der Waals surface area contributed by atoms with E-state index in [9.17, 15) is 8.42 Å². The van der Waals surface area contributed by atoms with Crippen molar-refractivity contribution in [2.24, 2.45) is 0 Å². The Morgan fingerprint density at radius 2 is 1.90 bits per heavy atom. The Kier molecular flexibility index (Phi) is 6.65. The molecule has 0 bridgehead atoms. The Morgan fingerprint density at radius 3 is 2.45 bits per heavy atom. The van der Waals surface area contributed by atoms with Gasteiger partial charge >= 0.3 is 0 Å². The fourth-order valence-corrected chi connectivity index (χ4v) is 3.40. The van der Waals surface area contributed by atoms with Crippen molar-refractivity contribution in [1.82, 2.24) is 9.62 Å². The summed E-state index contributed by atoms with van der Waals surface area (Å²) >= 11 is 0. The Morgan fingerprint density at radius 1 is 1.20 bits per heavy atom. The van der Waals surface area contributed by atoms with E-state index in [1.807, 2.05) is 13.1 Å². The van der Waals surface area contributed by atoms with Gasteiger partial charge in [-0.05, 0) is 43.1 Å². The van der Waals surface area contributed by atoms with Crippen LogP contribution in [0, 0.1) is 0 Å². The third-order valence-electron chi connectivity index (χ3n) is 3.46. The van der Waals surface area contributed by atoms with Gasteiger partial charge in [0.1, 0.15) is 0 Å². The summed E-state index contributed by atoms with van der Waals surface area (Å²) in [4.78, 5) is 0.388. The number of hydrogen-bond acceptors (Lipinski definition) is 3. The lowest BCUT2D eigenvalue weighted by atomic mass is 10.1. The van der Waals surface area contributed by atoms with E-state index in [0.29, 0.717) is 18.0 Å².